The lowest BCUT2D eigenvalue weighted by Gasteiger charge is -2.08. The van der Waals surface area contributed by atoms with E-state index >= 15 is 0 Å². The van der Waals surface area contributed by atoms with Crippen LogP contribution in [0.5, 0.6) is 0 Å². The standard InChI is InChI=1S/C14H10BrNO4S/c1-8-12(16(19)20)5-9(14(17)18)6-13(8)21-11-4-2-3-10(15)7-11/h2-7H,1H3,(H,17,18). The van der Waals surface area contributed by atoms with E-state index in [1.54, 1.807) is 6.92 Å². The first-order valence-corrected chi connectivity index (χ1v) is 7.45. The van der Waals surface area contributed by atoms with Gasteiger partial charge >= 0.3 is 5.97 Å². The van der Waals surface area contributed by atoms with Crippen molar-refractivity contribution < 1.29 is 14.8 Å². The average molecular weight is 368 g/mol. The largest absolute Gasteiger partial charge is 0.478 e. The SMILES string of the molecule is Cc1c(Sc2cccc(Br)c2)cc(C(=O)O)cc1[N+](=O)[O-]. The summed E-state index contributed by atoms with van der Waals surface area (Å²) in [5.41, 5.74) is 0.173. The molecule has 0 bridgehead atoms. The number of nitrogens with zero attached hydrogens (tertiary/aromatic N) is 1. The van der Waals surface area contributed by atoms with Crippen LogP contribution in [0.15, 0.2) is 50.7 Å². The fraction of sp³-hybridized carbons (Fsp3) is 0.0714. The molecule has 0 saturated heterocycles. The molecule has 0 aliphatic heterocycles. The van der Waals surface area contributed by atoms with Gasteiger partial charge in [0.2, 0.25) is 0 Å². The lowest BCUT2D eigenvalue weighted by Crippen LogP contribution is -2.01. The summed E-state index contributed by atoms with van der Waals surface area (Å²) in [6.45, 7) is 1.62. The fourth-order valence-electron chi connectivity index (χ4n) is 1.75. The van der Waals surface area contributed by atoms with E-state index in [-0.39, 0.29) is 11.3 Å². The minimum Gasteiger partial charge on any atom is -0.478 e. The van der Waals surface area contributed by atoms with E-state index in [2.05, 4.69) is 15.9 Å². The van der Waals surface area contributed by atoms with Crippen LogP contribution in [-0.2, 0) is 0 Å². The third-order valence-corrected chi connectivity index (χ3v) is 4.43. The fourth-order valence-corrected chi connectivity index (χ4v) is 3.33. The predicted molar refractivity (Wildman–Crippen MR) is 83.1 cm³/mol. The molecule has 0 atom stereocenters. The van der Waals surface area contributed by atoms with Gasteiger partial charge in [0.25, 0.3) is 5.69 Å². The van der Waals surface area contributed by atoms with Crippen molar-refractivity contribution in [2.45, 2.75) is 16.7 Å². The molecule has 0 aliphatic carbocycles. The van der Waals surface area contributed by atoms with Crippen LogP contribution in [0.4, 0.5) is 5.69 Å². The molecule has 0 radical (unpaired) electrons. The van der Waals surface area contributed by atoms with Gasteiger partial charge < -0.3 is 5.11 Å². The second-order valence-electron chi connectivity index (χ2n) is 4.24. The Morgan fingerprint density at radius 2 is 2.05 bits per heavy atom. The Balaban J connectivity index is 2.51. The number of carbonyl (C=O) groups is 1. The number of nitro groups is 1. The summed E-state index contributed by atoms with van der Waals surface area (Å²) in [5.74, 6) is -1.19. The number of rotatable bonds is 4. The zero-order valence-electron chi connectivity index (χ0n) is 10.9. The Hall–Kier alpha value is -1.86. The summed E-state index contributed by atoms with van der Waals surface area (Å²) in [4.78, 5) is 23.0. The summed E-state index contributed by atoms with van der Waals surface area (Å²) in [5, 5.41) is 20.1. The van der Waals surface area contributed by atoms with Crippen LogP contribution in [0.2, 0.25) is 0 Å². The lowest BCUT2D eigenvalue weighted by molar-refractivity contribution is -0.385. The molecule has 0 unspecified atom stereocenters. The first kappa shape index (κ1) is 15.5. The molecule has 108 valence electrons. The highest BCUT2D eigenvalue weighted by Crippen LogP contribution is 2.36. The molecule has 2 rings (SSSR count). The molecule has 0 fully saturated rings. The van der Waals surface area contributed by atoms with Crippen molar-refractivity contribution in [3.05, 3.63) is 62.1 Å². The summed E-state index contributed by atoms with van der Waals surface area (Å²) >= 11 is 4.65. The van der Waals surface area contributed by atoms with Gasteiger partial charge in [0.1, 0.15) is 0 Å². The lowest BCUT2D eigenvalue weighted by atomic mass is 10.1. The minimum absolute atomic E-state index is 0.0928. The summed E-state index contributed by atoms with van der Waals surface area (Å²) < 4.78 is 0.883. The highest BCUT2D eigenvalue weighted by Gasteiger charge is 2.19. The van der Waals surface area contributed by atoms with Crippen LogP contribution >= 0.6 is 27.7 Å². The second-order valence-corrected chi connectivity index (χ2v) is 6.27. The van der Waals surface area contributed by atoms with Crippen LogP contribution in [0.25, 0.3) is 0 Å². The van der Waals surface area contributed by atoms with E-state index in [0.29, 0.717) is 10.5 Å². The van der Waals surface area contributed by atoms with Crippen molar-refractivity contribution in [1.82, 2.24) is 0 Å². The van der Waals surface area contributed by atoms with E-state index in [4.69, 9.17) is 5.11 Å². The van der Waals surface area contributed by atoms with Crippen molar-refractivity contribution in [3.8, 4) is 0 Å². The van der Waals surface area contributed by atoms with Crippen molar-refractivity contribution >= 4 is 39.3 Å². The Labute approximate surface area is 133 Å². The number of hydrogen-bond acceptors (Lipinski definition) is 4. The monoisotopic (exact) mass is 367 g/mol. The normalized spacial score (nSPS) is 10.4. The van der Waals surface area contributed by atoms with Gasteiger partial charge in [-0.25, -0.2) is 4.79 Å². The van der Waals surface area contributed by atoms with Gasteiger partial charge in [0.05, 0.1) is 10.5 Å². The second kappa shape index (κ2) is 6.28. The summed E-state index contributed by atoms with van der Waals surface area (Å²) in [6, 6.07) is 9.97. The molecule has 21 heavy (non-hydrogen) atoms. The number of carboxylic acids is 1. The molecule has 1 N–H and O–H groups in total. The molecule has 0 saturated carbocycles. The van der Waals surface area contributed by atoms with E-state index < -0.39 is 10.9 Å². The third-order valence-electron chi connectivity index (χ3n) is 2.80. The van der Waals surface area contributed by atoms with Crippen molar-refractivity contribution in [2.24, 2.45) is 0 Å². The summed E-state index contributed by atoms with van der Waals surface area (Å²) in [7, 11) is 0. The topological polar surface area (TPSA) is 80.4 Å². The Bertz CT molecular complexity index is 733. The van der Waals surface area contributed by atoms with Gasteiger partial charge in [-0.2, -0.15) is 0 Å². The smallest absolute Gasteiger partial charge is 0.335 e. The van der Waals surface area contributed by atoms with Gasteiger partial charge in [-0.1, -0.05) is 33.8 Å². The number of carboxylic acid groups (broad SMARTS) is 1. The van der Waals surface area contributed by atoms with Crippen LogP contribution in [0, 0.1) is 17.0 Å². The Morgan fingerprint density at radius 3 is 2.62 bits per heavy atom. The van der Waals surface area contributed by atoms with Crippen molar-refractivity contribution in [1.29, 1.82) is 0 Å². The summed E-state index contributed by atoms with van der Waals surface area (Å²) in [6.07, 6.45) is 0. The number of aromatic carboxylic acids is 1. The zero-order valence-corrected chi connectivity index (χ0v) is 13.3. The zero-order chi connectivity index (χ0) is 15.6. The molecule has 0 aromatic heterocycles. The van der Waals surface area contributed by atoms with Crippen LogP contribution in [0.1, 0.15) is 15.9 Å². The van der Waals surface area contributed by atoms with Gasteiger partial charge in [-0.15, -0.1) is 0 Å². The Morgan fingerprint density at radius 1 is 1.33 bits per heavy atom. The number of benzene rings is 2. The molecule has 2 aromatic rings. The maximum Gasteiger partial charge on any atom is 0.335 e. The molecular formula is C14H10BrNO4S. The minimum atomic E-state index is -1.19. The van der Waals surface area contributed by atoms with E-state index in [0.717, 1.165) is 15.4 Å². The number of halogens is 1. The van der Waals surface area contributed by atoms with Gasteiger partial charge in [-0.05, 0) is 31.2 Å². The molecule has 0 heterocycles. The van der Waals surface area contributed by atoms with E-state index in [1.165, 1.54) is 17.8 Å². The van der Waals surface area contributed by atoms with Gasteiger partial charge in [0, 0.05) is 25.9 Å². The van der Waals surface area contributed by atoms with E-state index in [9.17, 15) is 14.9 Å². The molecule has 0 aliphatic rings. The molecule has 7 heteroatoms. The van der Waals surface area contributed by atoms with Gasteiger partial charge in [0.15, 0.2) is 0 Å². The van der Waals surface area contributed by atoms with Crippen molar-refractivity contribution in [3.63, 3.8) is 0 Å². The number of hydrogen-bond donors (Lipinski definition) is 1. The van der Waals surface area contributed by atoms with Gasteiger partial charge in [-0.3, -0.25) is 10.1 Å². The predicted octanol–water partition coefficient (Wildman–Crippen LogP) is 4.52. The van der Waals surface area contributed by atoms with Crippen LogP contribution in [0.3, 0.4) is 0 Å². The highest BCUT2D eigenvalue weighted by molar-refractivity contribution is 9.10. The average Bonchev–Trinajstić information content (AvgIpc) is 2.40. The molecule has 2 aromatic carbocycles. The first-order chi connectivity index (χ1) is 9.88. The molecule has 5 nitrogen and oxygen atoms in total. The highest BCUT2D eigenvalue weighted by atomic mass is 79.9. The number of nitro benzene ring substituents is 1. The maximum absolute atomic E-state index is 11.1. The molecular weight excluding hydrogens is 358 g/mol. The maximum atomic E-state index is 11.1. The first-order valence-electron chi connectivity index (χ1n) is 5.84. The quantitative estimate of drug-likeness (QED) is 0.634. The third kappa shape index (κ3) is 3.62. The van der Waals surface area contributed by atoms with Crippen LogP contribution in [-0.4, -0.2) is 16.0 Å². The van der Waals surface area contributed by atoms with E-state index in [1.807, 2.05) is 24.3 Å². The molecule has 0 amide bonds. The Kier molecular flexibility index (Phi) is 4.64. The van der Waals surface area contributed by atoms with Crippen molar-refractivity contribution in [2.75, 3.05) is 0 Å². The molecule has 0 spiro atoms. The van der Waals surface area contributed by atoms with Crippen LogP contribution < -0.4 is 0 Å².